The van der Waals surface area contributed by atoms with Gasteiger partial charge in [-0.3, -0.25) is 0 Å². The molecule has 0 aliphatic heterocycles. The number of rotatable bonds is 6. The lowest BCUT2D eigenvalue weighted by molar-refractivity contribution is -0.140. The van der Waals surface area contributed by atoms with E-state index in [1.165, 1.54) is 0 Å². The summed E-state index contributed by atoms with van der Waals surface area (Å²) in [7, 11) is 0. The zero-order valence-corrected chi connectivity index (χ0v) is 9.80. The van der Waals surface area contributed by atoms with Crippen LogP contribution in [0.25, 0.3) is 0 Å². The van der Waals surface area contributed by atoms with Gasteiger partial charge >= 0.3 is 5.97 Å². The fourth-order valence-electron chi connectivity index (χ4n) is 1.34. The SMILES string of the molecule is C=C(CC)C(=O)OCC(C)CC(C)C. The van der Waals surface area contributed by atoms with Gasteiger partial charge in [0, 0.05) is 5.57 Å². The lowest BCUT2D eigenvalue weighted by Crippen LogP contribution is -2.14. The van der Waals surface area contributed by atoms with Crippen molar-refractivity contribution in [2.24, 2.45) is 11.8 Å². The maximum Gasteiger partial charge on any atom is 0.333 e. The molecule has 0 N–H and O–H groups in total. The molecule has 0 radical (unpaired) electrons. The highest BCUT2D eigenvalue weighted by atomic mass is 16.5. The fourth-order valence-corrected chi connectivity index (χ4v) is 1.34. The minimum atomic E-state index is -0.247. The molecular formula is C12H22O2. The Kier molecular flexibility index (Phi) is 6.26. The third-order valence-corrected chi connectivity index (χ3v) is 2.09. The normalized spacial score (nSPS) is 12.6. The van der Waals surface area contributed by atoms with Gasteiger partial charge in [0.2, 0.25) is 0 Å². The largest absolute Gasteiger partial charge is 0.462 e. The first-order chi connectivity index (χ1) is 6.47. The van der Waals surface area contributed by atoms with Crippen LogP contribution in [0.5, 0.6) is 0 Å². The van der Waals surface area contributed by atoms with Crippen LogP contribution < -0.4 is 0 Å². The Morgan fingerprint density at radius 3 is 2.36 bits per heavy atom. The van der Waals surface area contributed by atoms with E-state index in [4.69, 9.17) is 4.74 Å². The van der Waals surface area contributed by atoms with Gasteiger partial charge in [0.1, 0.15) is 0 Å². The van der Waals surface area contributed by atoms with E-state index in [0.717, 1.165) is 6.42 Å². The Bertz CT molecular complexity index is 194. The smallest absolute Gasteiger partial charge is 0.333 e. The Hall–Kier alpha value is -0.790. The van der Waals surface area contributed by atoms with Crippen LogP contribution in [0.2, 0.25) is 0 Å². The first-order valence-corrected chi connectivity index (χ1v) is 5.32. The number of ether oxygens (including phenoxy) is 1. The predicted molar refractivity (Wildman–Crippen MR) is 59.0 cm³/mol. The van der Waals surface area contributed by atoms with Crippen molar-refractivity contribution < 1.29 is 9.53 Å². The molecule has 0 amide bonds. The summed E-state index contributed by atoms with van der Waals surface area (Å²) < 4.78 is 5.12. The molecule has 82 valence electrons. The van der Waals surface area contributed by atoms with E-state index in [-0.39, 0.29) is 5.97 Å². The van der Waals surface area contributed by atoms with Crippen LogP contribution in [-0.2, 0) is 9.53 Å². The third kappa shape index (κ3) is 5.79. The van der Waals surface area contributed by atoms with Crippen LogP contribution in [0.1, 0.15) is 40.5 Å². The lowest BCUT2D eigenvalue weighted by atomic mass is 10.00. The van der Waals surface area contributed by atoms with Crippen molar-refractivity contribution in [1.82, 2.24) is 0 Å². The van der Waals surface area contributed by atoms with E-state index >= 15 is 0 Å². The topological polar surface area (TPSA) is 26.3 Å². The molecule has 0 aliphatic carbocycles. The van der Waals surface area contributed by atoms with Gasteiger partial charge in [-0.1, -0.05) is 34.3 Å². The number of hydrogen-bond donors (Lipinski definition) is 0. The van der Waals surface area contributed by atoms with Gasteiger partial charge in [-0.25, -0.2) is 4.79 Å². The van der Waals surface area contributed by atoms with Crippen LogP contribution in [0.3, 0.4) is 0 Å². The molecule has 0 aromatic rings. The Morgan fingerprint density at radius 2 is 1.93 bits per heavy atom. The van der Waals surface area contributed by atoms with Crippen LogP contribution >= 0.6 is 0 Å². The summed E-state index contributed by atoms with van der Waals surface area (Å²) in [4.78, 5) is 11.2. The molecule has 1 atom stereocenters. The second-order valence-corrected chi connectivity index (χ2v) is 4.29. The van der Waals surface area contributed by atoms with Gasteiger partial charge in [0.25, 0.3) is 0 Å². The summed E-state index contributed by atoms with van der Waals surface area (Å²) in [6, 6.07) is 0. The van der Waals surface area contributed by atoms with Crippen LogP contribution in [0, 0.1) is 11.8 Å². The highest BCUT2D eigenvalue weighted by molar-refractivity contribution is 5.87. The lowest BCUT2D eigenvalue weighted by Gasteiger charge is -2.14. The summed E-state index contributed by atoms with van der Waals surface area (Å²) >= 11 is 0. The van der Waals surface area contributed by atoms with Crippen molar-refractivity contribution in [1.29, 1.82) is 0 Å². The first kappa shape index (κ1) is 13.2. The molecule has 0 bridgehead atoms. The third-order valence-electron chi connectivity index (χ3n) is 2.09. The van der Waals surface area contributed by atoms with Crippen molar-refractivity contribution in [3.63, 3.8) is 0 Å². The molecule has 0 aromatic carbocycles. The minimum Gasteiger partial charge on any atom is -0.462 e. The molecule has 14 heavy (non-hydrogen) atoms. The number of hydrogen-bond acceptors (Lipinski definition) is 2. The Labute approximate surface area is 87.3 Å². The van der Waals surface area contributed by atoms with Crippen LogP contribution in [0.15, 0.2) is 12.2 Å². The molecule has 0 aliphatic rings. The van der Waals surface area contributed by atoms with Crippen molar-refractivity contribution in [3.8, 4) is 0 Å². The van der Waals surface area contributed by atoms with E-state index in [2.05, 4.69) is 27.4 Å². The average Bonchev–Trinajstić information content (AvgIpc) is 2.11. The zero-order chi connectivity index (χ0) is 11.1. The van der Waals surface area contributed by atoms with Crippen LogP contribution in [-0.4, -0.2) is 12.6 Å². The molecule has 0 spiro atoms. The Balaban J connectivity index is 3.71. The van der Waals surface area contributed by atoms with Gasteiger partial charge in [0.05, 0.1) is 6.61 Å². The maximum absolute atomic E-state index is 11.2. The molecule has 0 saturated heterocycles. The van der Waals surface area contributed by atoms with Crippen molar-refractivity contribution >= 4 is 5.97 Å². The molecule has 2 heteroatoms. The van der Waals surface area contributed by atoms with E-state index in [9.17, 15) is 4.79 Å². The van der Waals surface area contributed by atoms with E-state index in [1.54, 1.807) is 0 Å². The van der Waals surface area contributed by atoms with E-state index in [1.807, 2.05) is 6.92 Å². The van der Waals surface area contributed by atoms with E-state index < -0.39 is 0 Å². The molecule has 0 rings (SSSR count). The summed E-state index contributed by atoms with van der Waals surface area (Å²) in [5.74, 6) is 0.838. The maximum atomic E-state index is 11.2. The number of carbonyl (C=O) groups is 1. The fraction of sp³-hybridized carbons (Fsp3) is 0.750. The summed E-state index contributed by atoms with van der Waals surface area (Å²) in [6.45, 7) is 12.5. The minimum absolute atomic E-state index is 0.247. The summed E-state index contributed by atoms with van der Waals surface area (Å²) in [5.41, 5.74) is 0.557. The van der Waals surface area contributed by atoms with Gasteiger partial charge in [-0.15, -0.1) is 0 Å². The van der Waals surface area contributed by atoms with Gasteiger partial charge in [-0.2, -0.15) is 0 Å². The molecule has 0 aromatic heterocycles. The number of carbonyl (C=O) groups excluding carboxylic acids is 1. The molecule has 0 heterocycles. The van der Waals surface area contributed by atoms with Gasteiger partial charge < -0.3 is 4.74 Å². The summed E-state index contributed by atoms with van der Waals surface area (Å²) in [6.07, 6.45) is 1.75. The highest BCUT2D eigenvalue weighted by Crippen LogP contribution is 2.12. The predicted octanol–water partition coefficient (Wildman–Crippen LogP) is 3.18. The second-order valence-electron chi connectivity index (χ2n) is 4.29. The molecule has 2 nitrogen and oxygen atoms in total. The zero-order valence-electron chi connectivity index (χ0n) is 9.80. The van der Waals surface area contributed by atoms with Crippen LogP contribution in [0.4, 0.5) is 0 Å². The quantitative estimate of drug-likeness (QED) is 0.484. The number of esters is 1. The standard InChI is InChI=1S/C12H22O2/c1-6-11(5)12(13)14-8-10(4)7-9(2)3/h9-10H,5-8H2,1-4H3. The average molecular weight is 198 g/mol. The highest BCUT2D eigenvalue weighted by Gasteiger charge is 2.10. The summed E-state index contributed by atoms with van der Waals surface area (Å²) in [5, 5.41) is 0. The van der Waals surface area contributed by atoms with Crippen molar-refractivity contribution in [2.75, 3.05) is 6.61 Å². The first-order valence-electron chi connectivity index (χ1n) is 5.32. The molecule has 0 saturated carbocycles. The van der Waals surface area contributed by atoms with E-state index in [0.29, 0.717) is 30.4 Å². The van der Waals surface area contributed by atoms with Gasteiger partial charge in [-0.05, 0) is 24.7 Å². The molecule has 1 unspecified atom stereocenters. The molecule has 0 fully saturated rings. The Morgan fingerprint density at radius 1 is 1.36 bits per heavy atom. The van der Waals surface area contributed by atoms with Gasteiger partial charge in [0.15, 0.2) is 0 Å². The monoisotopic (exact) mass is 198 g/mol. The van der Waals surface area contributed by atoms with Crippen molar-refractivity contribution in [2.45, 2.75) is 40.5 Å². The second kappa shape index (κ2) is 6.63. The van der Waals surface area contributed by atoms with Crippen molar-refractivity contribution in [3.05, 3.63) is 12.2 Å². The molecular weight excluding hydrogens is 176 g/mol.